The summed E-state index contributed by atoms with van der Waals surface area (Å²) in [4.78, 5) is 14.4. The summed E-state index contributed by atoms with van der Waals surface area (Å²) in [6.07, 6.45) is 13.7. The maximum Gasteiger partial charge on any atom is 0.161 e. The van der Waals surface area contributed by atoms with Gasteiger partial charge < -0.3 is 10.2 Å². The molecule has 0 bridgehead atoms. The average Bonchev–Trinajstić information content (AvgIpc) is 3.45. The Hall–Kier alpha value is -3.38. The molecule has 0 unspecified atom stereocenters. The zero-order chi connectivity index (χ0) is 24.3. The number of benzene rings is 1. The van der Waals surface area contributed by atoms with E-state index in [0.717, 1.165) is 59.5 Å². The Kier molecular flexibility index (Phi) is 6.60. The van der Waals surface area contributed by atoms with Crippen molar-refractivity contribution in [3.63, 3.8) is 0 Å². The quantitative estimate of drug-likeness (QED) is 0.358. The number of rotatable bonds is 6. The van der Waals surface area contributed by atoms with Crippen molar-refractivity contribution in [2.75, 3.05) is 36.4 Å². The van der Waals surface area contributed by atoms with Crippen LogP contribution < -0.4 is 10.2 Å². The summed E-state index contributed by atoms with van der Waals surface area (Å²) < 4.78 is 2.15. The Bertz CT molecular complexity index is 1300. The Morgan fingerprint density at radius 2 is 1.67 bits per heavy atom. The van der Waals surface area contributed by atoms with Crippen molar-refractivity contribution >= 4 is 22.7 Å². The first kappa shape index (κ1) is 23.0. The molecule has 2 fully saturated rings. The van der Waals surface area contributed by atoms with Crippen LogP contribution in [-0.2, 0) is 6.42 Å². The molecule has 1 saturated carbocycles. The van der Waals surface area contributed by atoms with Gasteiger partial charge in [0.25, 0.3) is 0 Å². The molecule has 1 aliphatic heterocycles. The lowest BCUT2D eigenvalue weighted by molar-refractivity contribution is 0.148. The van der Waals surface area contributed by atoms with Crippen LogP contribution in [0, 0.1) is 0 Å². The summed E-state index contributed by atoms with van der Waals surface area (Å²) in [6, 6.07) is 18.2. The van der Waals surface area contributed by atoms with Crippen LogP contribution >= 0.6 is 0 Å². The molecular formula is C30H36N6. The standard InChI is InChI=1S/C30H36N6/c1-2-24-22-23(14-15-31-24)29-13-12-28(30-32-16-17-36(29)30)33-25-8-10-27(11-9-25)35-20-18-34(19-21-35)26-6-4-3-5-7-26/h8-17,22,26,33H,2-7,18-21H2,1H3. The molecule has 1 aliphatic carbocycles. The minimum Gasteiger partial charge on any atom is -0.369 e. The number of nitrogens with one attached hydrogen (secondary N) is 1. The van der Waals surface area contributed by atoms with E-state index in [1.165, 1.54) is 50.9 Å². The van der Waals surface area contributed by atoms with E-state index in [4.69, 9.17) is 0 Å². The molecule has 0 radical (unpaired) electrons. The number of anilines is 3. The molecule has 0 amide bonds. The number of pyridine rings is 2. The van der Waals surface area contributed by atoms with Gasteiger partial charge in [-0.25, -0.2) is 4.98 Å². The van der Waals surface area contributed by atoms with Gasteiger partial charge in [0.1, 0.15) is 0 Å². The van der Waals surface area contributed by atoms with Crippen LogP contribution in [0.4, 0.5) is 17.1 Å². The second-order valence-electron chi connectivity index (χ2n) is 10.1. The summed E-state index contributed by atoms with van der Waals surface area (Å²) in [5, 5.41) is 3.59. The fourth-order valence-electron chi connectivity index (χ4n) is 5.88. The van der Waals surface area contributed by atoms with Crippen LogP contribution in [0.3, 0.4) is 0 Å². The van der Waals surface area contributed by atoms with Gasteiger partial charge in [-0.2, -0.15) is 0 Å². The molecule has 36 heavy (non-hydrogen) atoms. The molecule has 4 aromatic rings. The van der Waals surface area contributed by atoms with Gasteiger partial charge in [-0.15, -0.1) is 0 Å². The van der Waals surface area contributed by atoms with Gasteiger partial charge in [-0.05, 0) is 67.8 Å². The Morgan fingerprint density at radius 3 is 2.44 bits per heavy atom. The lowest BCUT2D eigenvalue weighted by Gasteiger charge is -2.41. The van der Waals surface area contributed by atoms with Gasteiger partial charge >= 0.3 is 0 Å². The van der Waals surface area contributed by atoms with Crippen LogP contribution in [-0.4, -0.2) is 51.5 Å². The third kappa shape index (κ3) is 4.70. The van der Waals surface area contributed by atoms with E-state index in [1.54, 1.807) is 0 Å². The fraction of sp³-hybridized carbons (Fsp3) is 0.400. The average molecular weight is 481 g/mol. The monoisotopic (exact) mass is 480 g/mol. The number of aryl methyl sites for hydroxylation is 1. The highest BCUT2D eigenvalue weighted by atomic mass is 15.3. The van der Waals surface area contributed by atoms with E-state index in [1.807, 2.05) is 18.6 Å². The number of fused-ring (bicyclic) bond motifs is 1. The molecule has 0 atom stereocenters. The molecular weight excluding hydrogens is 444 g/mol. The molecule has 2 aliphatic rings. The second-order valence-corrected chi connectivity index (χ2v) is 10.1. The summed E-state index contributed by atoms with van der Waals surface area (Å²) in [5.74, 6) is 0. The normalized spacial score (nSPS) is 17.5. The van der Waals surface area contributed by atoms with E-state index >= 15 is 0 Å². The summed E-state index contributed by atoms with van der Waals surface area (Å²) in [5.41, 5.74) is 7.69. The van der Waals surface area contributed by atoms with Crippen molar-refractivity contribution in [3.05, 3.63) is 72.8 Å². The number of aromatic nitrogens is 3. The third-order valence-electron chi connectivity index (χ3n) is 7.94. The van der Waals surface area contributed by atoms with Crippen LogP contribution in [0.15, 0.2) is 67.1 Å². The summed E-state index contributed by atoms with van der Waals surface area (Å²) in [7, 11) is 0. The Balaban J connectivity index is 1.14. The number of piperazine rings is 1. The van der Waals surface area contributed by atoms with Crippen LogP contribution in [0.5, 0.6) is 0 Å². The zero-order valence-electron chi connectivity index (χ0n) is 21.2. The van der Waals surface area contributed by atoms with Crippen molar-refractivity contribution in [2.45, 2.75) is 51.5 Å². The first-order valence-electron chi connectivity index (χ1n) is 13.6. The maximum atomic E-state index is 4.65. The van der Waals surface area contributed by atoms with Crippen LogP contribution in [0.2, 0.25) is 0 Å². The largest absolute Gasteiger partial charge is 0.369 e. The van der Waals surface area contributed by atoms with E-state index in [-0.39, 0.29) is 0 Å². The predicted molar refractivity (Wildman–Crippen MR) is 148 cm³/mol. The van der Waals surface area contributed by atoms with Gasteiger partial charge in [0.2, 0.25) is 0 Å². The smallest absolute Gasteiger partial charge is 0.161 e. The number of hydrogen-bond acceptors (Lipinski definition) is 5. The van der Waals surface area contributed by atoms with Crippen molar-refractivity contribution in [2.24, 2.45) is 0 Å². The SMILES string of the molecule is CCc1cc(-c2ccc(Nc3ccc(N4CCN(C5CCCCC5)CC4)cc3)c3nccn23)ccn1. The van der Waals surface area contributed by atoms with Gasteiger partial charge in [-0.1, -0.05) is 26.2 Å². The van der Waals surface area contributed by atoms with Crippen LogP contribution in [0.25, 0.3) is 16.9 Å². The Labute approximate surface area is 214 Å². The van der Waals surface area contributed by atoms with E-state index in [2.05, 4.69) is 84.9 Å². The van der Waals surface area contributed by atoms with E-state index < -0.39 is 0 Å². The molecule has 1 N–H and O–H groups in total. The molecule has 3 aromatic heterocycles. The van der Waals surface area contributed by atoms with Crippen molar-refractivity contribution < 1.29 is 0 Å². The van der Waals surface area contributed by atoms with Gasteiger partial charge in [0, 0.05) is 73.4 Å². The van der Waals surface area contributed by atoms with E-state index in [0.29, 0.717) is 0 Å². The lowest BCUT2D eigenvalue weighted by Crippen LogP contribution is -2.50. The van der Waals surface area contributed by atoms with Crippen LogP contribution in [0.1, 0.15) is 44.7 Å². The van der Waals surface area contributed by atoms with Gasteiger partial charge in [-0.3, -0.25) is 14.3 Å². The van der Waals surface area contributed by atoms with Gasteiger partial charge in [0.05, 0.1) is 11.4 Å². The first-order valence-corrected chi connectivity index (χ1v) is 13.6. The van der Waals surface area contributed by atoms with Gasteiger partial charge in [0.15, 0.2) is 5.65 Å². The number of nitrogens with zero attached hydrogens (tertiary/aromatic N) is 5. The summed E-state index contributed by atoms with van der Waals surface area (Å²) in [6.45, 7) is 6.75. The molecule has 1 saturated heterocycles. The molecule has 6 heteroatoms. The maximum absolute atomic E-state index is 4.65. The van der Waals surface area contributed by atoms with Crippen molar-refractivity contribution in [1.29, 1.82) is 0 Å². The number of imidazole rings is 1. The molecule has 6 rings (SSSR count). The first-order chi connectivity index (χ1) is 17.8. The molecule has 4 heterocycles. The molecule has 1 aromatic carbocycles. The van der Waals surface area contributed by atoms with Crippen molar-refractivity contribution in [1.82, 2.24) is 19.3 Å². The fourth-order valence-corrected chi connectivity index (χ4v) is 5.88. The number of hydrogen-bond donors (Lipinski definition) is 1. The zero-order valence-corrected chi connectivity index (χ0v) is 21.2. The van der Waals surface area contributed by atoms with Crippen molar-refractivity contribution in [3.8, 4) is 11.3 Å². The highest BCUT2D eigenvalue weighted by Gasteiger charge is 2.25. The lowest BCUT2D eigenvalue weighted by atomic mass is 9.94. The minimum atomic E-state index is 0.825. The minimum absolute atomic E-state index is 0.825. The summed E-state index contributed by atoms with van der Waals surface area (Å²) >= 11 is 0. The molecule has 0 spiro atoms. The predicted octanol–water partition coefficient (Wildman–Crippen LogP) is 6.16. The third-order valence-corrected chi connectivity index (χ3v) is 7.94. The molecule has 6 nitrogen and oxygen atoms in total. The Morgan fingerprint density at radius 1 is 0.861 bits per heavy atom. The molecule has 186 valence electrons. The highest BCUT2D eigenvalue weighted by Crippen LogP contribution is 2.29. The second kappa shape index (κ2) is 10.3. The topological polar surface area (TPSA) is 48.7 Å². The highest BCUT2D eigenvalue weighted by molar-refractivity contribution is 5.78. The van der Waals surface area contributed by atoms with E-state index in [9.17, 15) is 0 Å².